The van der Waals surface area contributed by atoms with Crippen molar-refractivity contribution >= 4 is 0 Å². The third-order valence-corrected chi connectivity index (χ3v) is 1.56. The Hall–Kier alpha value is -0.960. The van der Waals surface area contributed by atoms with Gasteiger partial charge in [-0.05, 0) is 19.1 Å². The van der Waals surface area contributed by atoms with E-state index >= 15 is 0 Å². The fourth-order valence-electron chi connectivity index (χ4n) is 1.02. The second-order valence-corrected chi connectivity index (χ2v) is 2.75. The molecular weight excluding hydrogens is 162 g/mol. The second kappa shape index (κ2) is 3.63. The van der Waals surface area contributed by atoms with Crippen LogP contribution in [0.2, 0.25) is 0 Å². The molecule has 0 saturated heterocycles. The number of benzene rings is 1. The predicted molar refractivity (Wildman–Crippen MR) is 41.7 cm³/mol. The first-order valence-corrected chi connectivity index (χ1v) is 3.72. The summed E-state index contributed by atoms with van der Waals surface area (Å²) in [6, 6.07) is 3.66. The van der Waals surface area contributed by atoms with Crippen molar-refractivity contribution in [1.29, 1.82) is 0 Å². The molecule has 0 spiro atoms. The van der Waals surface area contributed by atoms with Crippen molar-refractivity contribution in [3.63, 3.8) is 0 Å². The van der Waals surface area contributed by atoms with Gasteiger partial charge in [0.05, 0.1) is 6.10 Å². The molecule has 0 unspecified atom stereocenters. The van der Waals surface area contributed by atoms with E-state index in [1.165, 1.54) is 25.1 Å². The maximum absolute atomic E-state index is 12.9. The van der Waals surface area contributed by atoms with Crippen molar-refractivity contribution in [3.8, 4) is 0 Å². The number of hydrogen-bond acceptors (Lipinski definition) is 1. The van der Waals surface area contributed by atoms with Gasteiger partial charge in [-0.2, -0.15) is 0 Å². The molecule has 0 aliphatic rings. The number of rotatable bonds is 2. The summed E-state index contributed by atoms with van der Waals surface area (Å²) in [5.74, 6) is -1.20. The first-order valence-electron chi connectivity index (χ1n) is 3.72. The Morgan fingerprint density at radius 2 is 1.83 bits per heavy atom. The molecule has 1 rings (SSSR count). The quantitative estimate of drug-likeness (QED) is 0.722. The molecule has 0 bridgehead atoms. The molecule has 0 aliphatic carbocycles. The van der Waals surface area contributed by atoms with E-state index in [-0.39, 0.29) is 12.0 Å². The van der Waals surface area contributed by atoms with E-state index in [1.807, 2.05) is 0 Å². The standard InChI is InChI=1S/C9H10F2O/c1-6(12)5-7-8(10)3-2-4-9(7)11/h2-4,6,12H,5H2,1H3/t6-/m0/s1. The van der Waals surface area contributed by atoms with Gasteiger partial charge in [-0.25, -0.2) is 8.78 Å². The average molecular weight is 172 g/mol. The molecule has 1 aromatic carbocycles. The normalized spacial score (nSPS) is 13.0. The van der Waals surface area contributed by atoms with Gasteiger partial charge in [0.15, 0.2) is 0 Å². The highest BCUT2D eigenvalue weighted by Gasteiger charge is 2.09. The van der Waals surface area contributed by atoms with E-state index in [0.29, 0.717) is 0 Å². The van der Waals surface area contributed by atoms with Crippen LogP contribution < -0.4 is 0 Å². The fourth-order valence-corrected chi connectivity index (χ4v) is 1.02. The smallest absolute Gasteiger partial charge is 0.129 e. The molecule has 0 fully saturated rings. The first-order chi connectivity index (χ1) is 5.61. The highest BCUT2D eigenvalue weighted by atomic mass is 19.1. The van der Waals surface area contributed by atoms with Crippen molar-refractivity contribution in [3.05, 3.63) is 35.4 Å². The van der Waals surface area contributed by atoms with Crippen molar-refractivity contribution in [2.75, 3.05) is 0 Å². The highest BCUT2D eigenvalue weighted by Crippen LogP contribution is 2.13. The Bertz CT molecular complexity index is 251. The van der Waals surface area contributed by atoms with Crippen molar-refractivity contribution in [2.45, 2.75) is 19.4 Å². The van der Waals surface area contributed by atoms with E-state index in [0.717, 1.165) is 0 Å². The van der Waals surface area contributed by atoms with Gasteiger partial charge >= 0.3 is 0 Å². The second-order valence-electron chi connectivity index (χ2n) is 2.75. The van der Waals surface area contributed by atoms with Gasteiger partial charge in [0.25, 0.3) is 0 Å². The Morgan fingerprint density at radius 3 is 2.25 bits per heavy atom. The van der Waals surface area contributed by atoms with Crippen LogP contribution in [0.4, 0.5) is 8.78 Å². The summed E-state index contributed by atoms with van der Waals surface area (Å²) in [5.41, 5.74) is -0.0486. The van der Waals surface area contributed by atoms with Crippen molar-refractivity contribution in [2.24, 2.45) is 0 Å². The molecule has 0 heterocycles. The molecule has 0 saturated carbocycles. The fraction of sp³-hybridized carbons (Fsp3) is 0.333. The molecule has 1 N–H and O–H groups in total. The van der Waals surface area contributed by atoms with Crippen LogP contribution in [0, 0.1) is 11.6 Å². The zero-order valence-corrected chi connectivity index (χ0v) is 6.72. The topological polar surface area (TPSA) is 20.2 Å². The van der Waals surface area contributed by atoms with Crippen LogP contribution in [-0.4, -0.2) is 11.2 Å². The number of hydrogen-bond donors (Lipinski definition) is 1. The first kappa shape index (κ1) is 9.13. The van der Waals surface area contributed by atoms with Crippen molar-refractivity contribution < 1.29 is 13.9 Å². The number of halogens is 2. The van der Waals surface area contributed by atoms with Gasteiger partial charge in [0.2, 0.25) is 0 Å². The lowest BCUT2D eigenvalue weighted by atomic mass is 10.1. The summed E-state index contributed by atoms with van der Waals surface area (Å²) < 4.78 is 25.7. The van der Waals surface area contributed by atoms with Crippen LogP contribution in [0.5, 0.6) is 0 Å². The van der Waals surface area contributed by atoms with Crippen LogP contribution in [0.3, 0.4) is 0 Å². The summed E-state index contributed by atoms with van der Waals surface area (Å²) in [7, 11) is 0. The minimum atomic E-state index is -0.726. The minimum absolute atomic E-state index is 0.0124. The van der Waals surface area contributed by atoms with Gasteiger partial charge in [-0.15, -0.1) is 0 Å². The molecule has 3 heteroatoms. The molecule has 1 aromatic rings. The van der Waals surface area contributed by atoms with Crippen molar-refractivity contribution in [1.82, 2.24) is 0 Å². The van der Waals surface area contributed by atoms with Crippen LogP contribution in [0.15, 0.2) is 18.2 Å². The van der Waals surface area contributed by atoms with Crippen LogP contribution in [-0.2, 0) is 6.42 Å². The third-order valence-electron chi connectivity index (χ3n) is 1.56. The summed E-state index contributed by atoms with van der Waals surface area (Å²) >= 11 is 0. The molecule has 66 valence electrons. The van der Waals surface area contributed by atoms with Gasteiger partial charge < -0.3 is 5.11 Å². The maximum Gasteiger partial charge on any atom is 0.129 e. The molecule has 1 atom stereocenters. The third kappa shape index (κ3) is 2.01. The van der Waals surface area contributed by atoms with Gasteiger partial charge in [-0.1, -0.05) is 6.07 Å². The molecular formula is C9H10F2O. The van der Waals surface area contributed by atoms with Crippen LogP contribution >= 0.6 is 0 Å². The molecule has 0 aromatic heterocycles. The summed E-state index contributed by atoms with van der Waals surface area (Å²) in [5, 5.41) is 8.92. The van der Waals surface area contributed by atoms with Gasteiger partial charge in [0, 0.05) is 12.0 Å². The lowest BCUT2D eigenvalue weighted by Gasteiger charge is -2.06. The zero-order chi connectivity index (χ0) is 9.14. The average Bonchev–Trinajstić information content (AvgIpc) is 1.97. The Labute approximate surface area is 69.7 Å². The minimum Gasteiger partial charge on any atom is -0.393 e. The van der Waals surface area contributed by atoms with E-state index < -0.39 is 17.7 Å². The molecule has 1 nitrogen and oxygen atoms in total. The van der Waals surface area contributed by atoms with Gasteiger partial charge in [-0.3, -0.25) is 0 Å². The summed E-state index contributed by atoms with van der Waals surface area (Å²) in [4.78, 5) is 0. The Balaban J connectivity index is 2.96. The lowest BCUT2D eigenvalue weighted by molar-refractivity contribution is 0.192. The monoisotopic (exact) mass is 172 g/mol. The molecule has 0 radical (unpaired) electrons. The summed E-state index contributed by atoms with van der Waals surface area (Å²) in [6.45, 7) is 1.49. The Morgan fingerprint density at radius 1 is 1.33 bits per heavy atom. The van der Waals surface area contributed by atoms with Crippen LogP contribution in [0.1, 0.15) is 12.5 Å². The van der Waals surface area contributed by atoms with Gasteiger partial charge in [0.1, 0.15) is 11.6 Å². The highest BCUT2D eigenvalue weighted by molar-refractivity contribution is 5.20. The molecule has 12 heavy (non-hydrogen) atoms. The molecule has 0 amide bonds. The van der Waals surface area contributed by atoms with E-state index in [9.17, 15) is 8.78 Å². The SMILES string of the molecule is C[C@H](O)Cc1c(F)cccc1F. The van der Waals surface area contributed by atoms with Crippen LogP contribution in [0.25, 0.3) is 0 Å². The number of aliphatic hydroxyl groups excluding tert-OH is 1. The number of aliphatic hydroxyl groups is 1. The molecule has 0 aliphatic heterocycles. The largest absolute Gasteiger partial charge is 0.393 e. The van der Waals surface area contributed by atoms with E-state index in [2.05, 4.69) is 0 Å². The van der Waals surface area contributed by atoms with E-state index in [1.54, 1.807) is 0 Å². The maximum atomic E-state index is 12.9. The van der Waals surface area contributed by atoms with E-state index in [4.69, 9.17) is 5.11 Å². The lowest BCUT2D eigenvalue weighted by Crippen LogP contribution is -2.07. The Kier molecular flexibility index (Phi) is 2.76. The summed E-state index contributed by atoms with van der Waals surface area (Å²) in [6.07, 6.45) is -0.713. The zero-order valence-electron chi connectivity index (χ0n) is 6.72. The predicted octanol–water partition coefficient (Wildman–Crippen LogP) is 1.89.